The Bertz CT molecular complexity index is 464. The molecule has 0 spiro atoms. The lowest BCUT2D eigenvalue weighted by atomic mass is 10.2. The Hall–Kier alpha value is -2.09. The highest BCUT2D eigenvalue weighted by atomic mass is 19.3. The summed E-state index contributed by atoms with van der Waals surface area (Å²) in [6, 6.07) is 6.17. The van der Waals surface area contributed by atoms with Gasteiger partial charge in [-0.15, -0.1) is 0 Å². The molecule has 0 saturated carbocycles. The molecule has 96 valence electrons. The van der Waals surface area contributed by atoms with Gasteiger partial charge in [0, 0.05) is 25.5 Å². The first-order chi connectivity index (χ1) is 8.58. The fraction of sp³-hybridized carbons (Fsp3) is 0.308. The summed E-state index contributed by atoms with van der Waals surface area (Å²) in [6.45, 7) is -0.943. The van der Waals surface area contributed by atoms with E-state index < -0.39 is 6.61 Å². The van der Waals surface area contributed by atoms with Gasteiger partial charge < -0.3 is 10.1 Å². The summed E-state index contributed by atoms with van der Waals surface area (Å²) in [7, 11) is 0. The molecule has 1 aromatic carbocycles. The second kappa shape index (κ2) is 7.28. The number of carbonyl (C=O) groups excluding carboxylic acids is 1. The summed E-state index contributed by atoms with van der Waals surface area (Å²) < 4.78 is 28.2. The summed E-state index contributed by atoms with van der Waals surface area (Å²) in [4.78, 5) is 10.6. The summed E-state index contributed by atoms with van der Waals surface area (Å²) in [6.07, 6.45) is 0.500. The number of amides is 1. The molecule has 1 rings (SSSR count). The maximum Gasteiger partial charge on any atom is 0.387 e. The molecule has 0 aliphatic rings. The molecule has 0 saturated heterocycles. The van der Waals surface area contributed by atoms with E-state index in [0.717, 1.165) is 0 Å². The van der Waals surface area contributed by atoms with Gasteiger partial charge in [-0.1, -0.05) is 17.9 Å². The van der Waals surface area contributed by atoms with E-state index in [1.54, 1.807) is 12.1 Å². The van der Waals surface area contributed by atoms with Gasteiger partial charge in [-0.05, 0) is 18.2 Å². The molecule has 0 aliphatic carbocycles. The van der Waals surface area contributed by atoms with Crippen LogP contribution in [-0.4, -0.2) is 19.1 Å². The van der Waals surface area contributed by atoms with E-state index in [1.807, 2.05) is 0 Å². The minimum absolute atomic E-state index is 0.0821. The minimum atomic E-state index is -2.84. The first kappa shape index (κ1) is 14.0. The maximum atomic E-state index is 12.0. The summed E-state index contributed by atoms with van der Waals surface area (Å²) >= 11 is 0. The van der Waals surface area contributed by atoms with Crippen LogP contribution in [0.1, 0.15) is 18.9 Å². The highest BCUT2D eigenvalue weighted by Gasteiger charge is 2.03. The van der Waals surface area contributed by atoms with Crippen molar-refractivity contribution in [3.05, 3.63) is 29.8 Å². The number of ether oxygens (including phenoxy) is 1. The van der Waals surface area contributed by atoms with E-state index in [0.29, 0.717) is 18.5 Å². The van der Waals surface area contributed by atoms with Crippen LogP contribution in [0.4, 0.5) is 8.78 Å². The average Bonchev–Trinajstić information content (AvgIpc) is 2.27. The van der Waals surface area contributed by atoms with Crippen molar-refractivity contribution in [3.8, 4) is 17.6 Å². The van der Waals surface area contributed by atoms with Crippen LogP contribution >= 0.6 is 0 Å². The van der Waals surface area contributed by atoms with Crippen molar-refractivity contribution in [2.24, 2.45) is 0 Å². The molecule has 0 unspecified atom stereocenters. The summed E-state index contributed by atoms with van der Waals surface area (Å²) in [5, 5.41) is 2.60. The smallest absolute Gasteiger partial charge is 0.387 e. The third kappa shape index (κ3) is 5.85. The van der Waals surface area contributed by atoms with Crippen LogP contribution in [0.3, 0.4) is 0 Å². The van der Waals surface area contributed by atoms with Gasteiger partial charge >= 0.3 is 6.61 Å². The Balaban J connectivity index is 2.51. The van der Waals surface area contributed by atoms with Crippen molar-refractivity contribution >= 4 is 5.91 Å². The fourth-order valence-electron chi connectivity index (χ4n) is 1.22. The molecule has 1 aromatic rings. The largest absolute Gasteiger partial charge is 0.435 e. The molecule has 1 N–H and O–H groups in total. The van der Waals surface area contributed by atoms with Crippen molar-refractivity contribution in [3.63, 3.8) is 0 Å². The second-order valence-corrected chi connectivity index (χ2v) is 3.44. The first-order valence-corrected chi connectivity index (χ1v) is 5.36. The monoisotopic (exact) mass is 253 g/mol. The van der Waals surface area contributed by atoms with Crippen LogP contribution in [0.2, 0.25) is 0 Å². The van der Waals surface area contributed by atoms with E-state index in [2.05, 4.69) is 21.9 Å². The zero-order valence-electron chi connectivity index (χ0n) is 9.87. The van der Waals surface area contributed by atoms with Gasteiger partial charge in [-0.2, -0.15) is 8.78 Å². The maximum absolute atomic E-state index is 12.0. The summed E-state index contributed by atoms with van der Waals surface area (Å²) in [5.41, 5.74) is 0.593. The molecule has 0 radical (unpaired) electrons. The number of hydrogen-bond acceptors (Lipinski definition) is 2. The SMILES string of the molecule is CC(=O)NCCC#Cc1cccc(OC(F)F)c1. The lowest BCUT2D eigenvalue weighted by molar-refractivity contribution is -0.118. The van der Waals surface area contributed by atoms with E-state index in [9.17, 15) is 13.6 Å². The molecule has 0 bridgehead atoms. The van der Waals surface area contributed by atoms with Crippen molar-refractivity contribution in [2.45, 2.75) is 20.0 Å². The predicted molar refractivity (Wildman–Crippen MR) is 63.3 cm³/mol. The highest BCUT2D eigenvalue weighted by molar-refractivity contribution is 5.72. The second-order valence-electron chi connectivity index (χ2n) is 3.44. The van der Waals surface area contributed by atoms with E-state index in [1.165, 1.54) is 19.1 Å². The molecule has 0 aromatic heterocycles. The molecule has 0 fully saturated rings. The number of alkyl halides is 2. The third-order valence-corrected chi connectivity index (χ3v) is 1.92. The molecule has 0 aliphatic heterocycles. The van der Waals surface area contributed by atoms with Crippen molar-refractivity contribution in [1.82, 2.24) is 5.32 Å². The van der Waals surface area contributed by atoms with Gasteiger partial charge in [0.05, 0.1) is 0 Å². The molecule has 1 amide bonds. The molecule has 3 nitrogen and oxygen atoms in total. The van der Waals surface area contributed by atoms with E-state index >= 15 is 0 Å². The number of halogens is 2. The quantitative estimate of drug-likeness (QED) is 0.659. The normalized spacial score (nSPS) is 9.56. The van der Waals surface area contributed by atoms with Crippen LogP contribution in [-0.2, 0) is 4.79 Å². The van der Waals surface area contributed by atoms with Gasteiger partial charge in [-0.3, -0.25) is 4.79 Å². The lowest BCUT2D eigenvalue weighted by Gasteiger charge is -2.03. The summed E-state index contributed by atoms with van der Waals surface area (Å²) in [5.74, 6) is 5.61. The van der Waals surface area contributed by atoms with Gasteiger partial charge in [0.25, 0.3) is 0 Å². The Morgan fingerprint density at radius 2 is 2.28 bits per heavy atom. The Morgan fingerprint density at radius 1 is 1.50 bits per heavy atom. The predicted octanol–water partition coefficient (Wildman–Crippen LogP) is 2.17. The Kier molecular flexibility index (Phi) is 5.65. The zero-order chi connectivity index (χ0) is 13.4. The molecule has 18 heavy (non-hydrogen) atoms. The van der Waals surface area contributed by atoms with Gasteiger partial charge in [0.1, 0.15) is 5.75 Å². The van der Waals surface area contributed by atoms with Crippen LogP contribution < -0.4 is 10.1 Å². The average molecular weight is 253 g/mol. The van der Waals surface area contributed by atoms with Crippen LogP contribution in [0.15, 0.2) is 24.3 Å². The molecular formula is C13H13F2NO2. The number of nitrogens with one attached hydrogen (secondary N) is 1. The first-order valence-electron chi connectivity index (χ1n) is 5.36. The van der Waals surface area contributed by atoms with Crippen LogP contribution in [0, 0.1) is 11.8 Å². The number of hydrogen-bond donors (Lipinski definition) is 1. The minimum Gasteiger partial charge on any atom is -0.435 e. The fourth-order valence-corrected chi connectivity index (χ4v) is 1.22. The topological polar surface area (TPSA) is 38.3 Å². The molecule has 5 heteroatoms. The highest BCUT2D eigenvalue weighted by Crippen LogP contribution is 2.15. The van der Waals surface area contributed by atoms with Crippen molar-refractivity contribution < 1.29 is 18.3 Å². The third-order valence-electron chi connectivity index (χ3n) is 1.92. The van der Waals surface area contributed by atoms with E-state index in [4.69, 9.17) is 0 Å². The van der Waals surface area contributed by atoms with Crippen LogP contribution in [0.25, 0.3) is 0 Å². The zero-order valence-corrected chi connectivity index (χ0v) is 9.87. The van der Waals surface area contributed by atoms with Gasteiger partial charge in [0.15, 0.2) is 0 Å². The van der Waals surface area contributed by atoms with Crippen molar-refractivity contribution in [2.75, 3.05) is 6.54 Å². The Morgan fingerprint density at radius 3 is 2.94 bits per heavy atom. The number of carbonyl (C=O) groups is 1. The van der Waals surface area contributed by atoms with Gasteiger partial charge in [-0.25, -0.2) is 0 Å². The van der Waals surface area contributed by atoms with Crippen molar-refractivity contribution in [1.29, 1.82) is 0 Å². The Labute approximate surface area is 104 Å². The standard InChI is InChI=1S/C13H13F2NO2/c1-10(17)16-8-3-2-5-11-6-4-7-12(9-11)18-13(14)15/h4,6-7,9,13H,3,8H2,1H3,(H,16,17). The van der Waals surface area contributed by atoms with E-state index in [-0.39, 0.29) is 11.7 Å². The number of benzene rings is 1. The van der Waals surface area contributed by atoms with Gasteiger partial charge in [0.2, 0.25) is 5.91 Å². The molecule has 0 atom stereocenters. The molecular weight excluding hydrogens is 240 g/mol. The lowest BCUT2D eigenvalue weighted by Crippen LogP contribution is -2.20. The van der Waals surface area contributed by atoms with Crippen LogP contribution in [0.5, 0.6) is 5.75 Å². The number of rotatable bonds is 4. The molecule has 0 heterocycles.